The van der Waals surface area contributed by atoms with E-state index in [1.54, 1.807) is 0 Å². The molecule has 0 fully saturated rings. The van der Waals surface area contributed by atoms with E-state index >= 15 is 0 Å². The lowest BCUT2D eigenvalue weighted by atomic mass is 9.72. The summed E-state index contributed by atoms with van der Waals surface area (Å²) in [6.45, 7) is 0. The van der Waals surface area contributed by atoms with Crippen LogP contribution in [0.3, 0.4) is 0 Å². The van der Waals surface area contributed by atoms with Gasteiger partial charge in [0.25, 0.3) is 0 Å². The third-order valence-corrected chi connectivity index (χ3v) is 20.1. The molecule has 0 aliphatic heterocycles. The lowest BCUT2D eigenvalue weighted by Gasteiger charge is -2.19. The predicted octanol–water partition coefficient (Wildman–Crippen LogP) is 24.9. The number of furan rings is 2. The molecule has 0 bridgehead atoms. The molecule has 460 valence electrons. The van der Waals surface area contributed by atoms with E-state index in [0.29, 0.717) is 5.46 Å². The van der Waals surface area contributed by atoms with E-state index in [-0.39, 0.29) is 0 Å². The van der Waals surface area contributed by atoms with E-state index in [9.17, 15) is 10.0 Å². The third kappa shape index (κ3) is 10.2. The predicted molar refractivity (Wildman–Crippen MR) is 419 cm³/mol. The average molecular weight is 1320 g/mol. The minimum atomic E-state index is -1.53. The zero-order valence-electron chi connectivity index (χ0n) is 53.0. The van der Waals surface area contributed by atoms with Crippen LogP contribution in [0.15, 0.2) is 353 Å². The largest absolute Gasteiger partial charge is 0.489 e. The highest BCUT2D eigenvalue weighted by Crippen LogP contribution is 2.47. The van der Waals surface area contributed by atoms with Gasteiger partial charge >= 0.3 is 7.12 Å². The Morgan fingerprint density at radius 1 is 0.214 bits per heavy atom. The monoisotopic (exact) mass is 1320 g/mol. The van der Waals surface area contributed by atoms with Gasteiger partial charge in [-0.3, -0.25) is 0 Å². The summed E-state index contributed by atoms with van der Waals surface area (Å²) in [7, 11) is -1.53. The SMILES string of the molecule is Brc1cccc(-c2ccc3c(c2)oc2cc4ccccc4cc23)c1.OB(O)c1c2ccccc2c(-c2cccc3ccccc23)c2ccccc12.c1cc(-c2ccc3c(c2)oc2cc4ccccc4cc23)cc(-c2c3ccccc3c(-c3cccc4ccccc34)c3ccccc23)c1. The number of hydrogen-bond donors (Lipinski definition) is 2. The molecule has 0 atom stereocenters. The molecule has 0 radical (unpaired) electrons. The molecule has 2 N–H and O–H groups in total. The van der Waals surface area contributed by atoms with Crippen molar-refractivity contribution in [2.75, 3.05) is 0 Å². The lowest BCUT2D eigenvalue weighted by Crippen LogP contribution is -2.31. The number of rotatable bonds is 6. The minimum Gasteiger partial charge on any atom is -0.456 e. The first-order valence-corrected chi connectivity index (χ1v) is 33.9. The van der Waals surface area contributed by atoms with Crippen LogP contribution in [-0.2, 0) is 0 Å². The van der Waals surface area contributed by atoms with Gasteiger partial charge in [0.15, 0.2) is 0 Å². The van der Waals surface area contributed by atoms with Gasteiger partial charge in [0.05, 0.1) is 0 Å². The highest BCUT2D eigenvalue weighted by atomic mass is 79.9. The fourth-order valence-corrected chi connectivity index (χ4v) is 15.6. The fourth-order valence-electron chi connectivity index (χ4n) is 15.2. The van der Waals surface area contributed by atoms with Crippen LogP contribution in [0, 0.1) is 0 Å². The maximum Gasteiger partial charge on any atom is 0.489 e. The first kappa shape index (κ1) is 58.7. The second-order valence-corrected chi connectivity index (χ2v) is 26.2. The molecule has 0 unspecified atom stereocenters. The van der Waals surface area contributed by atoms with E-state index in [1.807, 2.05) is 48.5 Å². The van der Waals surface area contributed by atoms with Gasteiger partial charge in [0.1, 0.15) is 22.3 Å². The summed E-state index contributed by atoms with van der Waals surface area (Å²) in [5, 5.41) is 43.4. The van der Waals surface area contributed by atoms with Gasteiger partial charge in [0, 0.05) is 26.0 Å². The van der Waals surface area contributed by atoms with Crippen molar-refractivity contribution in [3.05, 3.63) is 344 Å². The molecule has 0 saturated carbocycles. The van der Waals surface area contributed by atoms with Gasteiger partial charge < -0.3 is 18.9 Å². The molecule has 0 spiro atoms. The molecule has 4 nitrogen and oxygen atoms in total. The Hall–Kier alpha value is -11.9. The van der Waals surface area contributed by atoms with Gasteiger partial charge in [-0.15, -0.1) is 0 Å². The van der Waals surface area contributed by atoms with Crippen molar-refractivity contribution in [2.45, 2.75) is 0 Å². The Bertz CT molecular complexity index is 6450. The summed E-state index contributed by atoms with van der Waals surface area (Å²) in [4.78, 5) is 0. The smallest absolute Gasteiger partial charge is 0.456 e. The summed E-state index contributed by atoms with van der Waals surface area (Å²) in [5.74, 6) is 0. The van der Waals surface area contributed by atoms with Crippen LogP contribution in [0.2, 0.25) is 0 Å². The standard InChI is InChI=1S/C46H28O.C24H17BO2.C22H13BrO/c1-2-13-32-27-44-42(26-31(32)12-1)36-24-23-33(28-43(36)47-44)30-15-9-16-34(25-30)45-38-18-5-7-20-40(38)46(41-21-8-6-19-39(41)45)37-22-10-14-29-11-3-4-17-35(29)37;26-25(27)24-21-13-5-3-11-19(21)23(20-12-4-6-14-22(20)24)18-15-7-9-16-8-1-2-10-17(16)18;23-18-7-3-6-14(10-18)17-8-9-19-20-11-15-4-1-2-5-16(15)12-22(20)24-21(19)13-17/h1-28H;1-15,26-27H;1-13H. The number of hydrogen-bond acceptors (Lipinski definition) is 4. The van der Waals surface area contributed by atoms with E-state index in [0.717, 1.165) is 86.8 Å². The van der Waals surface area contributed by atoms with Crippen molar-refractivity contribution in [3.8, 4) is 55.6 Å². The van der Waals surface area contributed by atoms with E-state index in [4.69, 9.17) is 8.83 Å². The number of halogens is 1. The van der Waals surface area contributed by atoms with Crippen molar-refractivity contribution in [2.24, 2.45) is 0 Å². The molecule has 20 aromatic rings. The highest BCUT2D eigenvalue weighted by Gasteiger charge is 2.24. The molecule has 0 aliphatic rings. The topological polar surface area (TPSA) is 66.7 Å². The van der Waals surface area contributed by atoms with Crippen molar-refractivity contribution < 1.29 is 18.9 Å². The van der Waals surface area contributed by atoms with Crippen LogP contribution in [0.25, 0.3) is 186 Å². The third-order valence-electron chi connectivity index (χ3n) is 19.6. The quantitative estimate of drug-likeness (QED) is 0.129. The van der Waals surface area contributed by atoms with Gasteiger partial charge in [0.2, 0.25) is 0 Å². The normalized spacial score (nSPS) is 11.6. The van der Waals surface area contributed by atoms with Crippen molar-refractivity contribution >= 4 is 159 Å². The molecule has 18 aromatic carbocycles. The minimum absolute atomic E-state index is 0.560. The van der Waals surface area contributed by atoms with Crippen molar-refractivity contribution in [1.82, 2.24) is 0 Å². The molecule has 20 rings (SSSR count). The van der Waals surface area contributed by atoms with Crippen LogP contribution in [0.5, 0.6) is 0 Å². The second-order valence-electron chi connectivity index (χ2n) is 25.3. The van der Waals surface area contributed by atoms with Gasteiger partial charge in [-0.2, -0.15) is 0 Å². The summed E-state index contributed by atoms with van der Waals surface area (Å²) in [6.07, 6.45) is 0. The molecule has 6 heteroatoms. The van der Waals surface area contributed by atoms with Gasteiger partial charge in [-0.05, 0) is 214 Å². The van der Waals surface area contributed by atoms with E-state index in [1.165, 1.54) is 103 Å². The lowest BCUT2D eigenvalue weighted by molar-refractivity contribution is 0.426. The van der Waals surface area contributed by atoms with Crippen LogP contribution in [0.1, 0.15) is 0 Å². The van der Waals surface area contributed by atoms with Crippen LogP contribution in [-0.4, -0.2) is 17.2 Å². The Balaban J connectivity index is 0.000000116. The Kier molecular flexibility index (Phi) is 14.6. The maximum absolute atomic E-state index is 10.1. The Morgan fingerprint density at radius 2 is 0.531 bits per heavy atom. The van der Waals surface area contributed by atoms with E-state index < -0.39 is 7.12 Å². The molecular weight excluding hydrogens is 1260 g/mol. The second kappa shape index (κ2) is 24.4. The number of benzene rings is 18. The molecular formula is C92H58BBrO4. The van der Waals surface area contributed by atoms with Crippen LogP contribution in [0.4, 0.5) is 0 Å². The first-order chi connectivity index (χ1) is 48.3. The molecule has 2 aromatic heterocycles. The Labute approximate surface area is 573 Å². The highest BCUT2D eigenvalue weighted by molar-refractivity contribution is 9.10. The maximum atomic E-state index is 10.1. The van der Waals surface area contributed by atoms with Crippen molar-refractivity contribution in [1.29, 1.82) is 0 Å². The molecule has 0 saturated heterocycles. The zero-order valence-corrected chi connectivity index (χ0v) is 54.6. The first-order valence-electron chi connectivity index (χ1n) is 33.1. The van der Waals surface area contributed by atoms with Crippen LogP contribution >= 0.6 is 15.9 Å². The average Bonchev–Trinajstić information content (AvgIpc) is 1.08. The fraction of sp³-hybridized carbons (Fsp3) is 0. The molecule has 0 aliphatic carbocycles. The van der Waals surface area contributed by atoms with E-state index in [2.05, 4.69) is 307 Å². The molecule has 0 amide bonds. The van der Waals surface area contributed by atoms with Crippen molar-refractivity contribution in [3.63, 3.8) is 0 Å². The molecule has 98 heavy (non-hydrogen) atoms. The van der Waals surface area contributed by atoms with Gasteiger partial charge in [-0.25, -0.2) is 0 Å². The number of fused-ring (bicyclic) bond motifs is 14. The Morgan fingerprint density at radius 3 is 0.969 bits per heavy atom. The summed E-state index contributed by atoms with van der Waals surface area (Å²) in [5.41, 5.74) is 16.2. The zero-order chi connectivity index (χ0) is 65.4. The van der Waals surface area contributed by atoms with Gasteiger partial charge in [-0.1, -0.05) is 289 Å². The van der Waals surface area contributed by atoms with Crippen LogP contribution < -0.4 is 5.46 Å². The summed E-state index contributed by atoms with van der Waals surface area (Å²) >= 11 is 3.54. The molecule has 2 heterocycles. The summed E-state index contributed by atoms with van der Waals surface area (Å²) in [6, 6.07) is 120. The summed E-state index contributed by atoms with van der Waals surface area (Å²) < 4.78 is 13.7.